The maximum Gasteiger partial charge on any atom is 0.339 e. The van der Waals surface area contributed by atoms with Crippen LogP contribution in [0, 0.1) is 0 Å². The van der Waals surface area contributed by atoms with Crippen molar-refractivity contribution in [3.63, 3.8) is 0 Å². The van der Waals surface area contributed by atoms with Gasteiger partial charge in [-0.1, -0.05) is 0 Å². The van der Waals surface area contributed by atoms with Gasteiger partial charge in [-0.25, -0.2) is 9.59 Å². The minimum atomic E-state index is -0.647. The van der Waals surface area contributed by atoms with Gasteiger partial charge in [-0.05, 0) is 30.3 Å². The van der Waals surface area contributed by atoms with Crippen LogP contribution >= 0.6 is 0 Å². The lowest BCUT2D eigenvalue weighted by Gasteiger charge is -2.10. The fourth-order valence-corrected chi connectivity index (χ4v) is 1.77. The number of nitrogens with one attached hydrogen (secondary N) is 1. The van der Waals surface area contributed by atoms with Gasteiger partial charge >= 0.3 is 11.9 Å². The van der Waals surface area contributed by atoms with Gasteiger partial charge in [0.25, 0.3) is 5.91 Å². The summed E-state index contributed by atoms with van der Waals surface area (Å²) >= 11 is 0. The molecule has 1 aromatic heterocycles. The van der Waals surface area contributed by atoms with Crippen LogP contribution in [0.3, 0.4) is 0 Å². The highest BCUT2D eigenvalue weighted by Gasteiger charge is 2.18. The molecule has 0 aliphatic rings. The number of carbonyl (C=O) groups is 3. The Morgan fingerprint density at radius 1 is 1.05 bits per heavy atom. The third kappa shape index (κ3) is 3.14. The molecule has 0 saturated carbocycles. The normalized spacial score (nSPS) is 9.91. The highest BCUT2D eigenvalue weighted by Crippen LogP contribution is 2.20. The lowest BCUT2D eigenvalue weighted by molar-refractivity contribution is 0.0587. The number of anilines is 1. The average Bonchev–Trinajstić information content (AvgIpc) is 3.07. The Labute approximate surface area is 125 Å². The number of ether oxygens (including phenoxy) is 2. The summed E-state index contributed by atoms with van der Waals surface area (Å²) < 4.78 is 14.2. The summed E-state index contributed by atoms with van der Waals surface area (Å²) in [6, 6.07) is 7.13. The van der Waals surface area contributed by atoms with Crippen molar-refractivity contribution >= 4 is 23.5 Å². The summed E-state index contributed by atoms with van der Waals surface area (Å²) in [6.45, 7) is 0. The smallest absolute Gasteiger partial charge is 0.339 e. The second-order valence-corrected chi connectivity index (χ2v) is 4.17. The van der Waals surface area contributed by atoms with Crippen molar-refractivity contribution in [1.29, 1.82) is 0 Å². The lowest BCUT2D eigenvalue weighted by Crippen LogP contribution is -2.16. The van der Waals surface area contributed by atoms with E-state index in [-0.39, 0.29) is 22.6 Å². The summed E-state index contributed by atoms with van der Waals surface area (Å²) in [5, 5.41) is 2.51. The van der Waals surface area contributed by atoms with Crippen molar-refractivity contribution < 1.29 is 28.3 Å². The summed E-state index contributed by atoms with van der Waals surface area (Å²) in [5.74, 6) is -1.73. The molecule has 7 nitrogen and oxygen atoms in total. The van der Waals surface area contributed by atoms with E-state index in [0.29, 0.717) is 0 Å². The summed E-state index contributed by atoms with van der Waals surface area (Å²) in [7, 11) is 2.45. The van der Waals surface area contributed by atoms with Crippen LogP contribution in [0.4, 0.5) is 5.69 Å². The molecule has 0 spiro atoms. The van der Waals surface area contributed by atoms with Crippen LogP contribution < -0.4 is 5.32 Å². The SMILES string of the molecule is COC(=O)c1ccc(C(=O)OC)c(NC(=O)c2ccco2)c1. The fraction of sp³-hybridized carbons (Fsp3) is 0.133. The second-order valence-electron chi connectivity index (χ2n) is 4.17. The molecule has 1 aromatic carbocycles. The third-order valence-electron chi connectivity index (χ3n) is 2.84. The summed E-state index contributed by atoms with van der Waals surface area (Å²) in [6.07, 6.45) is 1.35. The number of rotatable bonds is 4. The maximum atomic E-state index is 12.0. The van der Waals surface area contributed by atoms with Gasteiger partial charge in [-0.2, -0.15) is 0 Å². The minimum Gasteiger partial charge on any atom is -0.465 e. The summed E-state index contributed by atoms with van der Waals surface area (Å²) in [5.41, 5.74) is 0.413. The zero-order valence-electron chi connectivity index (χ0n) is 11.9. The van der Waals surface area contributed by atoms with E-state index < -0.39 is 17.8 Å². The first kappa shape index (κ1) is 15.3. The number of esters is 2. The minimum absolute atomic E-state index is 0.0688. The standard InChI is InChI=1S/C15H13NO6/c1-20-14(18)9-5-6-10(15(19)21-2)11(8-9)16-13(17)12-4-3-7-22-12/h3-8H,1-2H3,(H,16,17). The first-order valence-electron chi connectivity index (χ1n) is 6.22. The molecule has 2 aromatic rings. The van der Waals surface area contributed by atoms with Gasteiger partial charge in [-0.15, -0.1) is 0 Å². The van der Waals surface area contributed by atoms with Gasteiger partial charge in [0.05, 0.1) is 37.3 Å². The second kappa shape index (κ2) is 6.57. The predicted octanol–water partition coefficient (Wildman–Crippen LogP) is 2.11. The van der Waals surface area contributed by atoms with Crippen molar-refractivity contribution in [1.82, 2.24) is 0 Å². The first-order valence-corrected chi connectivity index (χ1v) is 6.22. The Bertz CT molecular complexity index is 705. The van der Waals surface area contributed by atoms with E-state index in [1.165, 1.54) is 44.7 Å². The molecule has 0 fully saturated rings. The van der Waals surface area contributed by atoms with Gasteiger partial charge in [0, 0.05) is 0 Å². The Kier molecular flexibility index (Phi) is 4.57. The van der Waals surface area contributed by atoms with E-state index in [1.54, 1.807) is 6.07 Å². The molecule has 0 radical (unpaired) electrons. The molecule has 0 bridgehead atoms. The van der Waals surface area contributed by atoms with E-state index in [9.17, 15) is 14.4 Å². The molecular weight excluding hydrogens is 290 g/mol. The molecule has 1 N–H and O–H groups in total. The number of hydrogen-bond acceptors (Lipinski definition) is 6. The molecule has 0 aliphatic heterocycles. The van der Waals surface area contributed by atoms with Crippen molar-refractivity contribution in [3.05, 3.63) is 53.5 Å². The van der Waals surface area contributed by atoms with E-state index >= 15 is 0 Å². The average molecular weight is 303 g/mol. The number of benzene rings is 1. The van der Waals surface area contributed by atoms with Gasteiger partial charge in [0.2, 0.25) is 0 Å². The Balaban J connectivity index is 2.38. The van der Waals surface area contributed by atoms with Gasteiger partial charge in [-0.3, -0.25) is 4.79 Å². The van der Waals surface area contributed by atoms with E-state index in [1.807, 2.05) is 0 Å². The van der Waals surface area contributed by atoms with Crippen LogP contribution in [0.2, 0.25) is 0 Å². The van der Waals surface area contributed by atoms with Crippen LogP contribution in [-0.4, -0.2) is 32.1 Å². The Hall–Kier alpha value is -3.09. The van der Waals surface area contributed by atoms with Crippen molar-refractivity contribution in [3.8, 4) is 0 Å². The molecule has 0 unspecified atom stereocenters. The molecule has 1 heterocycles. The number of methoxy groups -OCH3 is 2. The van der Waals surface area contributed by atoms with Crippen LogP contribution in [0.25, 0.3) is 0 Å². The Morgan fingerprint density at radius 2 is 1.77 bits per heavy atom. The van der Waals surface area contributed by atoms with E-state index in [0.717, 1.165) is 0 Å². The zero-order chi connectivity index (χ0) is 16.1. The molecule has 2 rings (SSSR count). The van der Waals surface area contributed by atoms with Crippen molar-refractivity contribution in [2.45, 2.75) is 0 Å². The van der Waals surface area contributed by atoms with E-state index in [2.05, 4.69) is 14.8 Å². The van der Waals surface area contributed by atoms with Crippen LogP contribution in [0.1, 0.15) is 31.3 Å². The van der Waals surface area contributed by atoms with Gasteiger partial charge in [0.15, 0.2) is 5.76 Å². The summed E-state index contributed by atoms with van der Waals surface area (Å²) in [4.78, 5) is 35.3. The zero-order valence-corrected chi connectivity index (χ0v) is 11.9. The Morgan fingerprint density at radius 3 is 2.36 bits per heavy atom. The molecule has 114 valence electrons. The van der Waals surface area contributed by atoms with Crippen molar-refractivity contribution in [2.24, 2.45) is 0 Å². The molecular formula is C15H13NO6. The highest BCUT2D eigenvalue weighted by molar-refractivity contribution is 6.07. The molecule has 0 aliphatic carbocycles. The van der Waals surface area contributed by atoms with E-state index in [4.69, 9.17) is 4.42 Å². The molecule has 0 atom stereocenters. The molecule has 1 amide bonds. The molecule has 22 heavy (non-hydrogen) atoms. The largest absolute Gasteiger partial charge is 0.465 e. The van der Waals surface area contributed by atoms with Crippen molar-refractivity contribution in [2.75, 3.05) is 19.5 Å². The number of carbonyl (C=O) groups excluding carboxylic acids is 3. The fourth-order valence-electron chi connectivity index (χ4n) is 1.77. The lowest BCUT2D eigenvalue weighted by atomic mass is 10.1. The van der Waals surface area contributed by atoms with Crippen LogP contribution in [0.5, 0.6) is 0 Å². The van der Waals surface area contributed by atoms with Crippen LogP contribution in [0.15, 0.2) is 41.0 Å². The first-order chi connectivity index (χ1) is 10.6. The number of amides is 1. The topological polar surface area (TPSA) is 94.8 Å². The highest BCUT2D eigenvalue weighted by atomic mass is 16.5. The molecule has 0 saturated heterocycles. The van der Waals surface area contributed by atoms with Gasteiger partial charge in [0.1, 0.15) is 0 Å². The van der Waals surface area contributed by atoms with Crippen LogP contribution in [-0.2, 0) is 9.47 Å². The number of hydrogen-bond donors (Lipinski definition) is 1. The maximum absolute atomic E-state index is 12.0. The predicted molar refractivity (Wildman–Crippen MR) is 75.8 cm³/mol. The van der Waals surface area contributed by atoms with Gasteiger partial charge < -0.3 is 19.2 Å². The third-order valence-corrected chi connectivity index (χ3v) is 2.84. The number of furan rings is 1. The monoisotopic (exact) mass is 303 g/mol. The quantitative estimate of drug-likeness (QED) is 0.869. The molecule has 7 heteroatoms.